The SMILES string of the molecule is CC(C)(C)OC(=O)N=C([O-])C(C)(C)c1ccc(N)cc1. The minimum atomic E-state index is -0.912. The largest absolute Gasteiger partial charge is 0.861 e. The molecule has 0 radical (unpaired) electrons. The van der Waals surface area contributed by atoms with Gasteiger partial charge < -0.3 is 15.6 Å². The molecule has 20 heavy (non-hydrogen) atoms. The molecule has 0 spiro atoms. The fourth-order valence-electron chi connectivity index (χ4n) is 1.53. The second-order valence-corrected chi connectivity index (χ2v) is 6.14. The normalized spacial score (nSPS) is 13.2. The summed E-state index contributed by atoms with van der Waals surface area (Å²) in [5.41, 5.74) is 5.38. The Morgan fingerprint density at radius 1 is 1.15 bits per heavy atom. The van der Waals surface area contributed by atoms with Gasteiger partial charge in [-0.15, -0.1) is 0 Å². The number of benzene rings is 1. The predicted octanol–water partition coefficient (Wildman–Crippen LogP) is 2.24. The molecule has 0 unspecified atom stereocenters. The molecule has 0 fully saturated rings. The summed E-state index contributed by atoms with van der Waals surface area (Å²) in [5, 5.41) is 12.1. The molecular formula is C15H21N2O3-. The first-order chi connectivity index (χ1) is 9.02. The van der Waals surface area contributed by atoms with E-state index in [0.29, 0.717) is 5.69 Å². The van der Waals surface area contributed by atoms with Crippen molar-refractivity contribution >= 4 is 17.7 Å². The van der Waals surface area contributed by atoms with Gasteiger partial charge in [0.1, 0.15) is 5.60 Å². The molecule has 0 aliphatic heterocycles. The lowest BCUT2D eigenvalue weighted by molar-refractivity contribution is -0.224. The van der Waals surface area contributed by atoms with Crippen LogP contribution < -0.4 is 10.8 Å². The molecule has 0 atom stereocenters. The Labute approximate surface area is 119 Å². The zero-order valence-corrected chi connectivity index (χ0v) is 12.6. The van der Waals surface area contributed by atoms with Gasteiger partial charge in [-0.1, -0.05) is 26.0 Å². The molecule has 110 valence electrons. The number of aliphatic imine (C=N–C) groups is 1. The monoisotopic (exact) mass is 277 g/mol. The van der Waals surface area contributed by atoms with Crippen LogP contribution in [0.25, 0.3) is 0 Å². The topological polar surface area (TPSA) is 87.7 Å². The molecule has 0 saturated heterocycles. The number of nitrogens with two attached hydrogens (primary N) is 1. The van der Waals surface area contributed by atoms with Crippen LogP contribution in [-0.4, -0.2) is 17.6 Å². The second-order valence-electron chi connectivity index (χ2n) is 6.14. The van der Waals surface area contributed by atoms with E-state index >= 15 is 0 Å². The number of hydrogen-bond donors (Lipinski definition) is 1. The highest BCUT2D eigenvalue weighted by molar-refractivity contribution is 5.92. The van der Waals surface area contributed by atoms with Gasteiger partial charge in [0.15, 0.2) is 0 Å². The quantitative estimate of drug-likeness (QED) is 0.510. The maximum absolute atomic E-state index is 12.1. The summed E-state index contributed by atoms with van der Waals surface area (Å²) in [5.74, 6) is -0.545. The van der Waals surface area contributed by atoms with Crippen molar-refractivity contribution in [1.29, 1.82) is 0 Å². The molecule has 2 N–H and O–H groups in total. The number of nitrogen functional groups attached to an aromatic ring is 1. The lowest BCUT2D eigenvalue weighted by Crippen LogP contribution is -2.40. The van der Waals surface area contributed by atoms with Crippen molar-refractivity contribution in [3.63, 3.8) is 0 Å². The molecule has 0 bridgehead atoms. The molecule has 0 saturated carbocycles. The van der Waals surface area contributed by atoms with E-state index in [1.807, 2.05) is 0 Å². The van der Waals surface area contributed by atoms with Gasteiger partial charge in [-0.2, -0.15) is 4.99 Å². The Balaban J connectivity index is 2.96. The number of nitrogens with zero attached hydrogens (tertiary/aromatic N) is 1. The zero-order valence-electron chi connectivity index (χ0n) is 12.6. The maximum Gasteiger partial charge on any atom is 0.433 e. The van der Waals surface area contributed by atoms with Crippen LogP contribution in [0.4, 0.5) is 10.5 Å². The van der Waals surface area contributed by atoms with Crippen molar-refractivity contribution in [3.05, 3.63) is 29.8 Å². The summed E-state index contributed by atoms with van der Waals surface area (Å²) >= 11 is 0. The van der Waals surface area contributed by atoms with Crippen LogP contribution in [0.1, 0.15) is 40.2 Å². The number of hydrogen-bond acceptors (Lipinski definition) is 4. The molecular weight excluding hydrogens is 256 g/mol. The van der Waals surface area contributed by atoms with Crippen molar-refractivity contribution < 1.29 is 14.6 Å². The molecule has 5 nitrogen and oxygen atoms in total. The molecule has 0 aliphatic carbocycles. The Morgan fingerprint density at radius 2 is 1.65 bits per heavy atom. The molecule has 1 amide bonds. The molecule has 1 aromatic rings. The minimum absolute atomic E-state index is 0.545. The van der Waals surface area contributed by atoms with E-state index in [2.05, 4.69) is 4.99 Å². The summed E-state index contributed by atoms with van der Waals surface area (Å²) in [6, 6.07) is 6.91. The van der Waals surface area contributed by atoms with Gasteiger partial charge in [-0.25, -0.2) is 4.79 Å². The first kappa shape index (κ1) is 16.0. The summed E-state index contributed by atoms with van der Waals surface area (Å²) in [4.78, 5) is 15.1. The standard InChI is InChI=1S/C15H22N2O3/c1-14(2,3)20-13(19)17-12(18)15(4,5)10-6-8-11(16)9-7-10/h6-9H,16H2,1-5H3,(H,17,18,19)/p-1. The fourth-order valence-corrected chi connectivity index (χ4v) is 1.53. The maximum atomic E-state index is 12.1. The van der Waals surface area contributed by atoms with Gasteiger partial charge >= 0.3 is 6.09 Å². The Hall–Kier alpha value is -2.04. The van der Waals surface area contributed by atoms with Crippen molar-refractivity contribution in [2.24, 2.45) is 4.99 Å². The lowest BCUT2D eigenvalue weighted by Gasteiger charge is -2.31. The van der Waals surface area contributed by atoms with E-state index in [1.54, 1.807) is 58.9 Å². The smallest absolute Gasteiger partial charge is 0.433 e. The number of carbonyl (C=O) groups excluding carboxylic acids is 1. The van der Waals surface area contributed by atoms with Crippen molar-refractivity contribution in [2.75, 3.05) is 5.73 Å². The summed E-state index contributed by atoms with van der Waals surface area (Å²) in [6.45, 7) is 8.56. The molecule has 1 rings (SSSR count). The molecule has 0 heterocycles. The number of carbonyl (C=O) groups is 1. The first-order valence-corrected chi connectivity index (χ1v) is 6.37. The van der Waals surface area contributed by atoms with Crippen LogP contribution in [0.3, 0.4) is 0 Å². The van der Waals surface area contributed by atoms with Crippen LogP contribution >= 0.6 is 0 Å². The number of amides is 1. The van der Waals surface area contributed by atoms with Gasteiger partial charge in [0, 0.05) is 11.1 Å². The predicted molar refractivity (Wildman–Crippen MR) is 77.5 cm³/mol. The summed E-state index contributed by atoms with van der Waals surface area (Å²) in [7, 11) is 0. The van der Waals surface area contributed by atoms with E-state index in [4.69, 9.17) is 10.5 Å². The Bertz CT molecular complexity index is 511. The van der Waals surface area contributed by atoms with Crippen molar-refractivity contribution in [1.82, 2.24) is 0 Å². The Kier molecular flexibility index (Phi) is 4.43. The highest BCUT2D eigenvalue weighted by Gasteiger charge is 2.23. The van der Waals surface area contributed by atoms with Crippen LogP contribution in [0, 0.1) is 0 Å². The van der Waals surface area contributed by atoms with Crippen LogP contribution in [0.15, 0.2) is 29.3 Å². The zero-order chi connectivity index (χ0) is 15.6. The first-order valence-electron chi connectivity index (χ1n) is 6.37. The van der Waals surface area contributed by atoms with Gasteiger partial charge in [0.25, 0.3) is 0 Å². The van der Waals surface area contributed by atoms with E-state index in [9.17, 15) is 9.90 Å². The third-order valence-corrected chi connectivity index (χ3v) is 2.75. The minimum Gasteiger partial charge on any atom is -0.861 e. The summed E-state index contributed by atoms with van der Waals surface area (Å²) < 4.78 is 5.01. The number of ether oxygens (including phenoxy) is 1. The second kappa shape index (κ2) is 5.53. The highest BCUT2D eigenvalue weighted by atomic mass is 16.6. The fraction of sp³-hybridized carbons (Fsp3) is 0.467. The molecule has 0 aromatic heterocycles. The van der Waals surface area contributed by atoms with Gasteiger partial charge in [-0.3, -0.25) is 0 Å². The van der Waals surface area contributed by atoms with Crippen LogP contribution in [-0.2, 0) is 10.2 Å². The van der Waals surface area contributed by atoms with E-state index < -0.39 is 23.0 Å². The van der Waals surface area contributed by atoms with E-state index in [-0.39, 0.29) is 0 Å². The van der Waals surface area contributed by atoms with Crippen LogP contribution in [0.5, 0.6) is 0 Å². The number of anilines is 1. The average molecular weight is 277 g/mol. The Morgan fingerprint density at radius 3 is 2.10 bits per heavy atom. The number of rotatable bonds is 2. The van der Waals surface area contributed by atoms with E-state index in [0.717, 1.165) is 5.56 Å². The van der Waals surface area contributed by atoms with Gasteiger partial charge in [0.2, 0.25) is 0 Å². The molecule has 5 heteroatoms. The lowest BCUT2D eigenvalue weighted by atomic mass is 9.84. The van der Waals surface area contributed by atoms with Crippen molar-refractivity contribution in [3.8, 4) is 0 Å². The third-order valence-electron chi connectivity index (χ3n) is 2.75. The third kappa shape index (κ3) is 4.26. The van der Waals surface area contributed by atoms with Gasteiger partial charge in [0.05, 0.1) is 0 Å². The molecule has 1 aromatic carbocycles. The average Bonchev–Trinajstić information content (AvgIpc) is 2.26. The van der Waals surface area contributed by atoms with E-state index in [1.165, 1.54) is 0 Å². The molecule has 0 aliphatic rings. The van der Waals surface area contributed by atoms with Gasteiger partial charge in [-0.05, 0) is 44.4 Å². The van der Waals surface area contributed by atoms with Crippen LogP contribution in [0.2, 0.25) is 0 Å². The van der Waals surface area contributed by atoms with Crippen molar-refractivity contribution in [2.45, 2.75) is 45.6 Å². The summed E-state index contributed by atoms with van der Waals surface area (Å²) in [6.07, 6.45) is -0.869. The highest BCUT2D eigenvalue weighted by Crippen LogP contribution is 2.24.